The maximum atomic E-state index is 12.6. The molecule has 0 spiro atoms. The summed E-state index contributed by atoms with van der Waals surface area (Å²) in [5.74, 6) is 1.36. The number of hydrogen-bond acceptors (Lipinski definition) is 5. The van der Waals surface area contributed by atoms with Gasteiger partial charge in [-0.1, -0.05) is 47.6 Å². The Kier molecular flexibility index (Phi) is 5.64. The Hall–Kier alpha value is -4.32. The third kappa shape index (κ3) is 4.06. The van der Waals surface area contributed by atoms with Gasteiger partial charge in [0, 0.05) is 34.7 Å². The lowest BCUT2D eigenvalue weighted by atomic mass is 9.96. The average molecular weight is 453 g/mol. The number of furan rings is 1. The van der Waals surface area contributed by atoms with Crippen LogP contribution in [0.4, 0.5) is 5.82 Å². The molecule has 0 fully saturated rings. The van der Waals surface area contributed by atoms with Crippen LogP contribution in [0.15, 0.2) is 81.9 Å². The summed E-state index contributed by atoms with van der Waals surface area (Å²) >= 11 is 0. The molecule has 2 aromatic heterocycles. The van der Waals surface area contributed by atoms with Crippen LogP contribution in [-0.2, 0) is 4.79 Å². The Bertz CT molecular complexity index is 1540. The van der Waals surface area contributed by atoms with E-state index < -0.39 is 0 Å². The molecule has 0 saturated heterocycles. The van der Waals surface area contributed by atoms with Crippen LogP contribution in [-0.4, -0.2) is 17.7 Å². The third-order valence-electron chi connectivity index (χ3n) is 5.71. The first-order chi connectivity index (χ1) is 16.5. The van der Waals surface area contributed by atoms with Crippen LogP contribution in [0.3, 0.4) is 0 Å². The minimum atomic E-state index is -0.296. The zero-order valence-electron chi connectivity index (χ0n) is 19.2. The van der Waals surface area contributed by atoms with Gasteiger partial charge in [0.2, 0.25) is 5.91 Å². The molecule has 0 saturated carbocycles. The quantitative estimate of drug-likeness (QED) is 0.281. The number of nitrogens with zero attached hydrogens (tertiary/aromatic N) is 1. The lowest BCUT2D eigenvalue weighted by molar-refractivity contribution is -0.111. The molecule has 0 unspecified atom stereocenters. The van der Waals surface area contributed by atoms with E-state index in [1.807, 2.05) is 44.2 Å². The van der Waals surface area contributed by atoms with Gasteiger partial charge in [0.25, 0.3) is 0 Å². The summed E-state index contributed by atoms with van der Waals surface area (Å²) in [7, 11) is 0. The lowest BCUT2D eigenvalue weighted by Crippen LogP contribution is -2.09. The van der Waals surface area contributed by atoms with Crippen molar-refractivity contribution in [2.75, 3.05) is 11.9 Å². The first-order valence-corrected chi connectivity index (χ1v) is 11.1. The molecular formula is C28H24N2O4. The molecule has 0 radical (unpaired) electrons. The molecule has 1 N–H and O–H groups in total. The normalized spacial score (nSPS) is 11.8. The number of carbonyl (C=O) groups is 1. The van der Waals surface area contributed by atoms with Crippen LogP contribution in [0.25, 0.3) is 38.4 Å². The number of benzene rings is 3. The number of aromatic nitrogens is 1. The lowest BCUT2D eigenvalue weighted by Gasteiger charge is -2.12. The van der Waals surface area contributed by atoms with Crippen LogP contribution < -0.4 is 10.1 Å². The molecule has 2 heterocycles. The predicted molar refractivity (Wildman–Crippen MR) is 134 cm³/mol. The number of hydrogen-bond donors (Lipinski definition) is 1. The second-order valence-corrected chi connectivity index (χ2v) is 8.09. The van der Waals surface area contributed by atoms with Gasteiger partial charge >= 0.3 is 0 Å². The molecule has 0 bridgehead atoms. The predicted octanol–water partition coefficient (Wildman–Crippen LogP) is 6.99. The smallest absolute Gasteiger partial charge is 0.249 e. The molecule has 5 rings (SSSR count). The van der Waals surface area contributed by atoms with Crippen molar-refractivity contribution in [3.63, 3.8) is 0 Å². The molecule has 0 atom stereocenters. The van der Waals surface area contributed by atoms with Gasteiger partial charge in [0.05, 0.1) is 12.9 Å². The van der Waals surface area contributed by atoms with E-state index in [4.69, 9.17) is 13.7 Å². The highest BCUT2D eigenvalue weighted by Gasteiger charge is 2.17. The van der Waals surface area contributed by atoms with Crippen LogP contribution >= 0.6 is 0 Å². The molecule has 6 heteroatoms. The summed E-state index contributed by atoms with van der Waals surface area (Å²) in [6.45, 7) is 6.07. The third-order valence-corrected chi connectivity index (χ3v) is 5.71. The molecule has 6 nitrogen and oxygen atoms in total. The molecule has 170 valence electrons. The minimum absolute atomic E-state index is 0.296. The van der Waals surface area contributed by atoms with Gasteiger partial charge in [-0.15, -0.1) is 0 Å². The summed E-state index contributed by atoms with van der Waals surface area (Å²) in [6.07, 6.45) is 3.32. The topological polar surface area (TPSA) is 77.5 Å². The van der Waals surface area contributed by atoms with Crippen LogP contribution in [0, 0.1) is 6.92 Å². The number of fused-ring (bicyclic) bond motifs is 2. The van der Waals surface area contributed by atoms with E-state index in [-0.39, 0.29) is 5.91 Å². The van der Waals surface area contributed by atoms with Crippen LogP contribution in [0.1, 0.15) is 25.2 Å². The Labute approximate surface area is 196 Å². The van der Waals surface area contributed by atoms with E-state index in [9.17, 15) is 4.79 Å². The van der Waals surface area contributed by atoms with Gasteiger partial charge in [0.15, 0.2) is 5.82 Å². The maximum absolute atomic E-state index is 12.6. The van der Waals surface area contributed by atoms with Gasteiger partial charge in [-0.25, -0.2) is 0 Å². The van der Waals surface area contributed by atoms with E-state index >= 15 is 0 Å². The highest BCUT2D eigenvalue weighted by atomic mass is 16.5. The largest absolute Gasteiger partial charge is 0.493 e. The molecule has 0 aliphatic heterocycles. The fraction of sp³-hybridized carbons (Fsp3) is 0.143. The van der Waals surface area contributed by atoms with Crippen molar-refractivity contribution in [2.45, 2.75) is 20.8 Å². The molecule has 5 aromatic rings. The number of nitrogens with one attached hydrogen (secondary N) is 1. The van der Waals surface area contributed by atoms with Crippen molar-refractivity contribution in [3.8, 4) is 16.9 Å². The fourth-order valence-corrected chi connectivity index (χ4v) is 4.17. The summed E-state index contributed by atoms with van der Waals surface area (Å²) in [5, 5.41) is 9.81. The maximum Gasteiger partial charge on any atom is 0.249 e. The van der Waals surface area contributed by atoms with Crippen molar-refractivity contribution in [3.05, 3.63) is 84.3 Å². The Balaban J connectivity index is 1.59. The first-order valence-electron chi connectivity index (χ1n) is 11.1. The summed E-state index contributed by atoms with van der Waals surface area (Å²) < 4.78 is 16.8. The van der Waals surface area contributed by atoms with Crippen LogP contribution in [0.5, 0.6) is 5.75 Å². The molecule has 34 heavy (non-hydrogen) atoms. The number of aryl methyl sites for hydroxylation is 1. The molecule has 3 aromatic carbocycles. The van der Waals surface area contributed by atoms with Crippen molar-refractivity contribution in [1.82, 2.24) is 5.16 Å². The Morgan fingerprint density at radius 1 is 1.06 bits per heavy atom. The second kappa shape index (κ2) is 8.90. The number of carbonyl (C=O) groups excluding carboxylic acids is 1. The highest BCUT2D eigenvalue weighted by molar-refractivity contribution is 6.07. The SMILES string of the molecule is CCOc1cc2occ(-c3cccc4ccccc34)c2cc1/C(C)=C/C(=O)Nc1cc(C)on1. The Morgan fingerprint density at radius 3 is 2.68 bits per heavy atom. The molecule has 1 amide bonds. The van der Waals surface area contributed by atoms with E-state index in [0.29, 0.717) is 23.9 Å². The van der Waals surface area contributed by atoms with Gasteiger partial charge in [-0.05, 0) is 48.7 Å². The van der Waals surface area contributed by atoms with Crippen molar-refractivity contribution in [1.29, 1.82) is 0 Å². The Morgan fingerprint density at radius 2 is 1.88 bits per heavy atom. The zero-order valence-corrected chi connectivity index (χ0v) is 19.2. The molecular weight excluding hydrogens is 428 g/mol. The van der Waals surface area contributed by atoms with E-state index in [1.54, 1.807) is 19.3 Å². The summed E-state index contributed by atoms with van der Waals surface area (Å²) in [5.41, 5.74) is 4.39. The van der Waals surface area contributed by atoms with E-state index in [0.717, 1.165) is 44.0 Å². The average Bonchev–Trinajstić information content (AvgIpc) is 3.43. The number of amides is 1. The zero-order chi connectivity index (χ0) is 23.7. The standard InChI is InChI=1S/C28H24N2O4/c1-4-32-25-15-26-23(14-22(25)17(2)12-28(31)29-27-13-18(3)34-30-27)24(16-33-26)21-11-7-9-19-8-5-6-10-20(19)21/h5-16H,4H2,1-3H3,(H,29,30,31)/b17-12+. The number of anilines is 1. The fourth-order valence-electron chi connectivity index (χ4n) is 4.17. The van der Waals surface area contributed by atoms with Gasteiger partial charge in [-0.3, -0.25) is 4.79 Å². The van der Waals surface area contributed by atoms with Crippen LogP contribution in [0.2, 0.25) is 0 Å². The summed E-state index contributed by atoms with van der Waals surface area (Å²) in [6, 6.07) is 20.1. The van der Waals surface area contributed by atoms with Gasteiger partial charge < -0.3 is 19.0 Å². The van der Waals surface area contributed by atoms with Gasteiger partial charge in [0.1, 0.15) is 17.1 Å². The monoisotopic (exact) mass is 452 g/mol. The number of ether oxygens (including phenoxy) is 1. The van der Waals surface area contributed by atoms with Crippen molar-refractivity contribution in [2.24, 2.45) is 0 Å². The summed E-state index contributed by atoms with van der Waals surface area (Å²) in [4.78, 5) is 12.6. The minimum Gasteiger partial charge on any atom is -0.493 e. The number of rotatable bonds is 6. The molecule has 0 aliphatic carbocycles. The highest BCUT2D eigenvalue weighted by Crippen LogP contribution is 2.39. The van der Waals surface area contributed by atoms with Crippen molar-refractivity contribution >= 4 is 39.0 Å². The number of allylic oxidation sites excluding steroid dienone is 1. The second-order valence-electron chi connectivity index (χ2n) is 8.09. The van der Waals surface area contributed by atoms with Crippen molar-refractivity contribution < 1.29 is 18.5 Å². The first kappa shape index (κ1) is 21.5. The molecule has 0 aliphatic rings. The van der Waals surface area contributed by atoms with Gasteiger partial charge in [-0.2, -0.15) is 0 Å². The van der Waals surface area contributed by atoms with E-state index in [1.165, 1.54) is 6.08 Å². The van der Waals surface area contributed by atoms with E-state index in [2.05, 4.69) is 34.7 Å².